The van der Waals surface area contributed by atoms with Crippen LogP contribution < -0.4 is 0 Å². The van der Waals surface area contributed by atoms with Gasteiger partial charge in [0.05, 0.1) is 17.0 Å². The van der Waals surface area contributed by atoms with E-state index in [4.69, 9.17) is 10.4 Å². The van der Waals surface area contributed by atoms with Crippen molar-refractivity contribution in [2.75, 3.05) is 0 Å². The summed E-state index contributed by atoms with van der Waals surface area (Å²) in [4.78, 5) is 11.1. The highest BCUT2D eigenvalue weighted by Crippen LogP contribution is 2.31. The van der Waals surface area contributed by atoms with Crippen LogP contribution in [0.25, 0.3) is 0 Å². The third-order valence-electron chi connectivity index (χ3n) is 2.30. The highest BCUT2D eigenvalue weighted by molar-refractivity contribution is 9.10. The molecule has 0 atom stereocenters. The van der Waals surface area contributed by atoms with Crippen molar-refractivity contribution in [2.24, 2.45) is 0 Å². The molecular formula is C11H10BrNO2. The molecule has 1 N–H and O–H groups in total. The summed E-state index contributed by atoms with van der Waals surface area (Å²) >= 11 is 3.29. The van der Waals surface area contributed by atoms with Crippen LogP contribution in [0.4, 0.5) is 0 Å². The Bertz CT molecular complexity index is 446. The van der Waals surface area contributed by atoms with E-state index in [2.05, 4.69) is 15.9 Å². The molecule has 1 rings (SSSR count). The first-order valence-electron chi connectivity index (χ1n) is 4.33. The number of aliphatic carboxylic acids is 1. The number of halogens is 1. The molecule has 15 heavy (non-hydrogen) atoms. The summed E-state index contributed by atoms with van der Waals surface area (Å²) in [6, 6.07) is 6.92. The van der Waals surface area contributed by atoms with Gasteiger partial charge in [-0.2, -0.15) is 5.26 Å². The van der Waals surface area contributed by atoms with Crippen LogP contribution in [0, 0.1) is 11.3 Å². The van der Waals surface area contributed by atoms with Gasteiger partial charge < -0.3 is 5.11 Å². The van der Waals surface area contributed by atoms with Crippen molar-refractivity contribution in [3.8, 4) is 6.07 Å². The van der Waals surface area contributed by atoms with Gasteiger partial charge in [-0.15, -0.1) is 0 Å². The van der Waals surface area contributed by atoms with Crippen molar-refractivity contribution < 1.29 is 9.90 Å². The fourth-order valence-electron chi connectivity index (χ4n) is 1.19. The molecule has 1 aromatic carbocycles. The molecule has 0 aliphatic rings. The summed E-state index contributed by atoms with van der Waals surface area (Å²) in [5.41, 5.74) is 0.0580. The number of benzene rings is 1. The van der Waals surface area contributed by atoms with Crippen LogP contribution in [-0.2, 0) is 10.2 Å². The third-order valence-corrected chi connectivity index (χ3v) is 2.99. The van der Waals surface area contributed by atoms with Crippen molar-refractivity contribution in [1.29, 1.82) is 5.26 Å². The summed E-state index contributed by atoms with van der Waals surface area (Å²) < 4.78 is 0.703. The van der Waals surface area contributed by atoms with E-state index >= 15 is 0 Å². The number of carboxylic acids is 1. The zero-order valence-electron chi connectivity index (χ0n) is 8.41. The molecule has 0 heterocycles. The Balaban J connectivity index is 3.37. The van der Waals surface area contributed by atoms with E-state index in [0.29, 0.717) is 15.6 Å². The van der Waals surface area contributed by atoms with Gasteiger partial charge in [0.25, 0.3) is 0 Å². The molecule has 0 amide bonds. The molecule has 0 bridgehead atoms. The van der Waals surface area contributed by atoms with Gasteiger partial charge in [-0.25, -0.2) is 0 Å². The van der Waals surface area contributed by atoms with Crippen LogP contribution in [0.5, 0.6) is 0 Å². The average Bonchev–Trinajstić information content (AvgIpc) is 2.18. The zero-order valence-corrected chi connectivity index (χ0v) is 10.00. The van der Waals surface area contributed by atoms with Crippen LogP contribution in [0.3, 0.4) is 0 Å². The topological polar surface area (TPSA) is 61.1 Å². The zero-order chi connectivity index (χ0) is 11.6. The van der Waals surface area contributed by atoms with Crippen molar-refractivity contribution >= 4 is 21.9 Å². The number of carbonyl (C=O) groups is 1. The lowest BCUT2D eigenvalue weighted by atomic mass is 9.84. The predicted octanol–water partition coefficient (Wildman–Crippen LogP) is 2.68. The Labute approximate surface area is 96.5 Å². The average molecular weight is 268 g/mol. The Morgan fingerprint density at radius 3 is 2.60 bits per heavy atom. The minimum atomic E-state index is -1.01. The summed E-state index contributed by atoms with van der Waals surface area (Å²) in [6.07, 6.45) is 0. The Morgan fingerprint density at radius 1 is 1.53 bits per heavy atom. The van der Waals surface area contributed by atoms with Crippen LogP contribution in [0.1, 0.15) is 25.0 Å². The summed E-state index contributed by atoms with van der Waals surface area (Å²) in [6.45, 7) is 3.22. The van der Waals surface area contributed by atoms with E-state index in [1.165, 1.54) is 0 Å². The molecule has 0 fully saturated rings. The lowest BCUT2D eigenvalue weighted by Gasteiger charge is -2.21. The minimum Gasteiger partial charge on any atom is -0.481 e. The number of nitrogens with zero attached hydrogens (tertiary/aromatic N) is 1. The molecule has 0 saturated heterocycles. The van der Waals surface area contributed by atoms with Gasteiger partial charge in [0.1, 0.15) is 0 Å². The van der Waals surface area contributed by atoms with Crippen LogP contribution >= 0.6 is 15.9 Å². The van der Waals surface area contributed by atoms with Gasteiger partial charge >= 0.3 is 5.97 Å². The van der Waals surface area contributed by atoms with Crippen molar-refractivity contribution in [3.63, 3.8) is 0 Å². The maximum atomic E-state index is 11.1. The van der Waals surface area contributed by atoms with Gasteiger partial charge in [-0.05, 0) is 37.6 Å². The van der Waals surface area contributed by atoms with Gasteiger partial charge in [0.15, 0.2) is 0 Å². The number of carboxylic acid groups (broad SMARTS) is 1. The second-order valence-electron chi connectivity index (χ2n) is 3.74. The molecule has 3 nitrogen and oxygen atoms in total. The SMILES string of the molecule is CC(C)(C(=O)O)c1cc(C#N)ccc1Br. The van der Waals surface area contributed by atoms with Gasteiger partial charge in [0, 0.05) is 4.47 Å². The molecule has 1 aromatic rings. The Hall–Kier alpha value is -1.34. The largest absolute Gasteiger partial charge is 0.481 e. The number of rotatable bonds is 2. The summed E-state index contributed by atoms with van der Waals surface area (Å²) in [5.74, 6) is -0.918. The second-order valence-corrected chi connectivity index (χ2v) is 4.59. The quantitative estimate of drug-likeness (QED) is 0.896. The van der Waals surface area contributed by atoms with E-state index in [9.17, 15) is 4.79 Å². The molecule has 4 heteroatoms. The van der Waals surface area contributed by atoms with Gasteiger partial charge in [-0.3, -0.25) is 4.79 Å². The second kappa shape index (κ2) is 4.03. The van der Waals surface area contributed by atoms with E-state index in [1.807, 2.05) is 6.07 Å². The number of hydrogen-bond donors (Lipinski definition) is 1. The summed E-state index contributed by atoms with van der Waals surface area (Å²) in [7, 11) is 0. The smallest absolute Gasteiger partial charge is 0.313 e. The van der Waals surface area contributed by atoms with Crippen LogP contribution in [0.15, 0.2) is 22.7 Å². The first kappa shape index (κ1) is 11.7. The van der Waals surface area contributed by atoms with Crippen LogP contribution in [-0.4, -0.2) is 11.1 Å². The molecule has 0 aromatic heterocycles. The van der Waals surface area contributed by atoms with Crippen molar-refractivity contribution in [2.45, 2.75) is 19.3 Å². The molecule has 0 radical (unpaired) electrons. The molecule has 78 valence electrons. The normalized spacial score (nSPS) is 10.8. The molecule has 0 aliphatic carbocycles. The number of hydrogen-bond acceptors (Lipinski definition) is 2. The van der Waals surface area contributed by atoms with E-state index in [-0.39, 0.29) is 0 Å². The van der Waals surface area contributed by atoms with E-state index in [0.717, 1.165) is 0 Å². The first-order valence-corrected chi connectivity index (χ1v) is 5.12. The molecular weight excluding hydrogens is 258 g/mol. The van der Waals surface area contributed by atoms with Gasteiger partial charge in [0.2, 0.25) is 0 Å². The standard InChI is InChI=1S/C11H10BrNO2/c1-11(2,10(14)15)8-5-7(6-13)3-4-9(8)12/h3-5H,1-2H3,(H,14,15). The predicted molar refractivity (Wildman–Crippen MR) is 59.5 cm³/mol. The lowest BCUT2D eigenvalue weighted by Crippen LogP contribution is -2.29. The van der Waals surface area contributed by atoms with E-state index in [1.54, 1.807) is 32.0 Å². The molecule has 0 spiro atoms. The third kappa shape index (κ3) is 2.18. The monoisotopic (exact) mass is 267 g/mol. The maximum absolute atomic E-state index is 11.1. The fraction of sp³-hybridized carbons (Fsp3) is 0.273. The van der Waals surface area contributed by atoms with Gasteiger partial charge in [-0.1, -0.05) is 15.9 Å². The summed E-state index contributed by atoms with van der Waals surface area (Å²) in [5, 5.41) is 17.8. The first-order chi connectivity index (χ1) is 6.89. The Kier molecular flexibility index (Phi) is 3.15. The highest BCUT2D eigenvalue weighted by Gasteiger charge is 2.31. The molecule has 0 saturated carbocycles. The van der Waals surface area contributed by atoms with E-state index < -0.39 is 11.4 Å². The van der Waals surface area contributed by atoms with Crippen molar-refractivity contribution in [1.82, 2.24) is 0 Å². The molecule has 0 unspecified atom stereocenters. The number of nitriles is 1. The van der Waals surface area contributed by atoms with Crippen molar-refractivity contribution in [3.05, 3.63) is 33.8 Å². The van der Waals surface area contributed by atoms with Crippen LogP contribution in [0.2, 0.25) is 0 Å². The lowest BCUT2D eigenvalue weighted by molar-refractivity contribution is -0.142. The Morgan fingerprint density at radius 2 is 2.13 bits per heavy atom. The molecule has 0 aliphatic heterocycles. The maximum Gasteiger partial charge on any atom is 0.313 e. The minimum absolute atomic E-state index is 0.461. The highest BCUT2D eigenvalue weighted by atomic mass is 79.9. The fourth-order valence-corrected chi connectivity index (χ4v) is 1.93.